The van der Waals surface area contributed by atoms with Gasteiger partial charge in [0, 0.05) is 6.42 Å². The largest absolute Gasteiger partial charge is 0.298 e. The summed E-state index contributed by atoms with van der Waals surface area (Å²) in [5.74, 6) is 3.32. The lowest BCUT2D eigenvalue weighted by Crippen LogP contribution is -2.15. The molecule has 0 spiro atoms. The van der Waals surface area contributed by atoms with Crippen molar-refractivity contribution >= 4 is 5.78 Å². The maximum atomic E-state index is 11.4. The standard InChI is InChI=1S/C10H14O/c1-4-10(5-6-10)9(11)7-8(2)3/h1,8H,5-7H2,2-3H3. The smallest absolute Gasteiger partial charge is 0.151 e. The van der Waals surface area contributed by atoms with Crippen molar-refractivity contribution in [3.05, 3.63) is 0 Å². The van der Waals surface area contributed by atoms with Crippen LogP contribution in [0.2, 0.25) is 0 Å². The van der Waals surface area contributed by atoms with Crippen LogP contribution in [-0.2, 0) is 4.79 Å². The summed E-state index contributed by atoms with van der Waals surface area (Å²) in [7, 11) is 0. The highest BCUT2D eigenvalue weighted by atomic mass is 16.1. The van der Waals surface area contributed by atoms with Crippen LogP contribution in [0, 0.1) is 23.7 Å². The van der Waals surface area contributed by atoms with Gasteiger partial charge in [0.2, 0.25) is 0 Å². The third kappa shape index (κ3) is 1.63. The maximum absolute atomic E-state index is 11.4. The van der Waals surface area contributed by atoms with Gasteiger partial charge >= 0.3 is 0 Å². The SMILES string of the molecule is C#CC1(C(=O)CC(C)C)CC1. The number of rotatable bonds is 3. The molecule has 0 amide bonds. The zero-order valence-corrected chi connectivity index (χ0v) is 7.18. The van der Waals surface area contributed by atoms with Crippen molar-refractivity contribution in [3.63, 3.8) is 0 Å². The summed E-state index contributed by atoms with van der Waals surface area (Å²) >= 11 is 0. The molecular formula is C10H14O. The fraction of sp³-hybridized carbons (Fsp3) is 0.700. The Bertz CT molecular complexity index is 203. The minimum Gasteiger partial charge on any atom is -0.298 e. The Hall–Kier alpha value is -0.770. The first kappa shape index (κ1) is 8.33. The van der Waals surface area contributed by atoms with E-state index >= 15 is 0 Å². The van der Waals surface area contributed by atoms with Crippen LogP contribution in [0.3, 0.4) is 0 Å². The molecule has 0 aromatic carbocycles. The lowest BCUT2D eigenvalue weighted by molar-refractivity contribution is -0.122. The minimum atomic E-state index is -0.329. The highest BCUT2D eigenvalue weighted by molar-refractivity contribution is 5.90. The molecule has 0 aliphatic heterocycles. The summed E-state index contributed by atoms with van der Waals surface area (Å²) in [6.45, 7) is 4.09. The van der Waals surface area contributed by atoms with E-state index in [1.54, 1.807) is 0 Å². The van der Waals surface area contributed by atoms with Crippen LogP contribution in [-0.4, -0.2) is 5.78 Å². The van der Waals surface area contributed by atoms with Crippen LogP contribution >= 0.6 is 0 Å². The van der Waals surface area contributed by atoms with Gasteiger partial charge in [-0.15, -0.1) is 6.42 Å². The van der Waals surface area contributed by atoms with E-state index in [2.05, 4.69) is 5.92 Å². The van der Waals surface area contributed by atoms with E-state index < -0.39 is 0 Å². The second-order valence-corrected chi connectivity index (χ2v) is 3.75. The van der Waals surface area contributed by atoms with E-state index in [1.807, 2.05) is 13.8 Å². The number of ketones is 1. The van der Waals surface area contributed by atoms with Crippen molar-refractivity contribution < 1.29 is 4.79 Å². The molecule has 1 aliphatic carbocycles. The third-order valence-corrected chi connectivity index (χ3v) is 2.15. The van der Waals surface area contributed by atoms with Crippen molar-refractivity contribution in [1.82, 2.24) is 0 Å². The summed E-state index contributed by atoms with van der Waals surface area (Å²) < 4.78 is 0. The zero-order chi connectivity index (χ0) is 8.48. The first-order chi connectivity index (χ1) is 5.10. The van der Waals surface area contributed by atoms with Gasteiger partial charge in [-0.25, -0.2) is 0 Å². The van der Waals surface area contributed by atoms with Gasteiger partial charge in [0.15, 0.2) is 5.78 Å². The first-order valence-corrected chi connectivity index (χ1v) is 4.12. The number of hydrogen-bond acceptors (Lipinski definition) is 1. The molecule has 1 aliphatic rings. The minimum absolute atomic E-state index is 0.273. The molecule has 0 aromatic rings. The van der Waals surface area contributed by atoms with Gasteiger partial charge in [-0.2, -0.15) is 0 Å². The molecule has 0 heterocycles. The summed E-state index contributed by atoms with van der Waals surface area (Å²) in [6, 6.07) is 0. The van der Waals surface area contributed by atoms with Crippen molar-refractivity contribution in [2.24, 2.45) is 11.3 Å². The summed E-state index contributed by atoms with van der Waals surface area (Å²) in [5, 5.41) is 0. The highest BCUT2D eigenvalue weighted by Gasteiger charge is 2.47. The molecule has 1 rings (SSSR count). The Kier molecular flexibility index (Phi) is 2.04. The van der Waals surface area contributed by atoms with Crippen molar-refractivity contribution in [3.8, 4) is 12.3 Å². The van der Waals surface area contributed by atoms with E-state index in [9.17, 15) is 4.79 Å². The molecule has 0 radical (unpaired) electrons. The topological polar surface area (TPSA) is 17.1 Å². The first-order valence-electron chi connectivity index (χ1n) is 4.12. The predicted molar refractivity (Wildman–Crippen MR) is 45.0 cm³/mol. The van der Waals surface area contributed by atoms with Gasteiger partial charge in [0.05, 0.1) is 5.41 Å². The molecule has 0 N–H and O–H groups in total. The Balaban J connectivity index is 2.50. The van der Waals surface area contributed by atoms with Crippen LogP contribution in [0.25, 0.3) is 0 Å². The quantitative estimate of drug-likeness (QED) is 0.562. The molecule has 1 nitrogen and oxygen atoms in total. The fourth-order valence-electron chi connectivity index (χ4n) is 1.19. The van der Waals surface area contributed by atoms with Crippen LogP contribution < -0.4 is 0 Å². The van der Waals surface area contributed by atoms with E-state index in [0.717, 1.165) is 12.8 Å². The summed E-state index contributed by atoms with van der Waals surface area (Å²) in [5.41, 5.74) is -0.329. The van der Waals surface area contributed by atoms with Crippen LogP contribution in [0.5, 0.6) is 0 Å². The second-order valence-electron chi connectivity index (χ2n) is 3.75. The predicted octanol–water partition coefficient (Wildman–Crippen LogP) is 2.02. The molecule has 1 fully saturated rings. The molecule has 0 atom stereocenters. The van der Waals surface area contributed by atoms with Crippen molar-refractivity contribution in [2.75, 3.05) is 0 Å². The fourth-order valence-corrected chi connectivity index (χ4v) is 1.19. The average Bonchev–Trinajstić information content (AvgIpc) is 2.65. The van der Waals surface area contributed by atoms with Gasteiger partial charge in [0.1, 0.15) is 0 Å². The molecule has 1 heteroatoms. The zero-order valence-electron chi connectivity index (χ0n) is 7.18. The molecule has 11 heavy (non-hydrogen) atoms. The molecule has 0 unspecified atom stereocenters. The van der Waals surface area contributed by atoms with E-state index in [0.29, 0.717) is 12.3 Å². The Morgan fingerprint density at radius 1 is 1.64 bits per heavy atom. The van der Waals surface area contributed by atoms with E-state index in [1.165, 1.54) is 0 Å². The number of carbonyl (C=O) groups is 1. The molecule has 60 valence electrons. The van der Waals surface area contributed by atoms with Crippen LogP contribution in [0.4, 0.5) is 0 Å². The number of carbonyl (C=O) groups excluding carboxylic acids is 1. The van der Waals surface area contributed by atoms with Gasteiger partial charge in [-0.05, 0) is 18.8 Å². The number of terminal acetylenes is 1. The van der Waals surface area contributed by atoms with Crippen LogP contribution in [0.1, 0.15) is 33.1 Å². The molecule has 1 saturated carbocycles. The van der Waals surface area contributed by atoms with Gasteiger partial charge in [-0.1, -0.05) is 19.8 Å². The maximum Gasteiger partial charge on any atom is 0.151 e. The monoisotopic (exact) mass is 150 g/mol. The highest BCUT2D eigenvalue weighted by Crippen LogP contribution is 2.46. The van der Waals surface area contributed by atoms with Gasteiger partial charge in [0.25, 0.3) is 0 Å². The van der Waals surface area contributed by atoms with E-state index in [4.69, 9.17) is 6.42 Å². The van der Waals surface area contributed by atoms with Crippen LogP contribution in [0.15, 0.2) is 0 Å². The third-order valence-electron chi connectivity index (χ3n) is 2.15. The van der Waals surface area contributed by atoms with Gasteiger partial charge in [-0.3, -0.25) is 4.79 Å². The Morgan fingerprint density at radius 2 is 2.18 bits per heavy atom. The normalized spacial score (nSPS) is 19.5. The lowest BCUT2D eigenvalue weighted by Gasteiger charge is -2.07. The number of Topliss-reactive ketones (excluding diaryl/α,β-unsaturated/α-hetero) is 1. The van der Waals surface area contributed by atoms with Gasteiger partial charge < -0.3 is 0 Å². The molecule has 0 saturated heterocycles. The second kappa shape index (κ2) is 2.70. The van der Waals surface area contributed by atoms with Crippen molar-refractivity contribution in [1.29, 1.82) is 0 Å². The number of hydrogen-bond donors (Lipinski definition) is 0. The summed E-state index contributed by atoms with van der Waals surface area (Å²) in [6.07, 6.45) is 7.74. The van der Waals surface area contributed by atoms with E-state index in [-0.39, 0.29) is 11.2 Å². The average molecular weight is 150 g/mol. The van der Waals surface area contributed by atoms with Crippen molar-refractivity contribution in [2.45, 2.75) is 33.1 Å². The summed E-state index contributed by atoms with van der Waals surface area (Å²) in [4.78, 5) is 11.4. The Labute approximate surface area is 68.2 Å². The lowest BCUT2D eigenvalue weighted by atomic mass is 9.94. The molecule has 0 bridgehead atoms. The Morgan fingerprint density at radius 3 is 2.45 bits per heavy atom. The molecule has 0 aromatic heterocycles. The molecular weight excluding hydrogens is 136 g/mol.